The minimum atomic E-state index is -0.329. The molecule has 2 aromatic heterocycles. The number of nitrogens with zero attached hydrogens (tertiary/aromatic N) is 3. The van der Waals surface area contributed by atoms with Crippen molar-refractivity contribution in [2.75, 3.05) is 6.54 Å². The molecule has 5 heteroatoms. The summed E-state index contributed by atoms with van der Waals surface area (Å²) in [6.07, 6.45) is 4.07. The Kier molecular flexibility index (Phi) is 2.14. The van der Waals surface area contributed by atoms with Gasteiger partial charge >= 0.3 is 0 Å². The molecule has 0 fully saturated rings. The van der Waals surface area contributed by atoms with Gasteiger partial charge in [0.15, 0.2) is 0 Å². The van der Waals surface area contributed by atoms with Crippen molar-refractivity contribution < 1.29 is 4.92 Å². The molecule has 0 aliphatic carbocycles. The van der Waals surface area contributed by atoms with Crippen LogP contribution >= 0.6 is 0 Å². The van der Waals surface area contributed by atoms with E-state index in [1.54, 1.807) is 0 Å². The number of hydrogen-bond donors (Lipinski definition) is 0. The van der Waals surface area contributed by atoms with E-state index in [0.29, 0.717) is 6.42 Å². The topological polar surface area (TPSA) is 60.4 Å². The number of pyridine rings is 1. The number of hydrogen-bond acceptors (Lipinski definition) is 3. The fourth-order valence-electron chi connectivity index (χ4n) is 1.31. The highest BCUT2D eigenvalue weighted by Crippen LogP contribution is 2.04. The molecule has 0 radical (unpaired) electrons. The van der Waals surface area contributed by atoms with Crippen molar-refractivity contribution in [3.63, 3.8) is 0 Å². The van der Waals surface area contributed by atoms with E-state index in [0.717, 1.165) is 11.3 Å². The van der Waals surface area contributed by atoms with Gasteiger partial charge in [-0.05, 0) is 12.1 Å². The largest absolute Gasteiger partial charge is 0.307 e. The first-order valence-corrected chi connectivity index (χ1v) is 4.30. The maximum Gasteiger partial charge on any atom is 0.209 e. The first kappa shape index (κ1) is 8.68. The van der Waals surface area contributed by atoms with Crippen molar-refractivity contribution in [3.05, 3.63) is 46.4 Å². The third-order valence-corrected chi connectivity index (χ3v) is 1.96. The van der Waals surface area contributed by atoms with Crippen molar-refractivity contribution >= 4 is 5.65 Å². The normalized spacial score (nSPS) is 10.6. The number of nitro groups is 1. The van der Waals surface area contributed by atoms with Crippen molar-refractivity contribution in [2.24, 2.45) is 0 Å². The molecule has 0 N–H and O–H groups in total. The minimum Gasteiger partial charge on any atom is -0.307 e. The zero-order valence-corrected chi connectivity index (χ0v) is 7.46. The van der Waals surface area contributed by atoms with Crippen molar-refractivity contribution in [1.29, 1.82) is 0 Å². The Hall–Kier alpha value is -1.91. The minimum absolute atomic E-state index is 0.0656. The lowest BCUT2D eigenvalue weighted by atomic mass is 10.3. The van der Waals surface area contributed by atoms with E-state index in [1.165, 1.54) is 0 Å². The van der Waals surface area contributed by atoms with Crippen LogP contribution in [0.15, 0.2) is 30.6 Å². The summed E-state index contributed by atoms with van der Waals surface area (Å²) in [5, 5.41) is 10.2. The fraction of sp³-hybridized carbons (Fsp3) is 0.222. The SMILES string of the molecule is O=[N+]([O-])CCc1cn2ccccc2n1. The second kappa shape index (κ2) is 3.45. The molecule has 0 atom stereocenters. The fourth-order valence-corrected chi connectivity index (χ4v) is 1.31. The Bertz CT molecular complexity index is 431. The van der Waals surface area contributed by atoms with Gasteiger partial charge in [0.2, 0.25) is 6.54 Å². The van der Waals surface area contributed by atoms with Gasteiger partial charge in [0, 0.05) is 17.3 Å². The summed E-state index contributed by atoms with van der Waals surface area (Å²) in [5.74, 6) is 0. The third-order valence-electron chi connectivity index (χ3n) is 1.96. The molecule has 2 rings (SSSR count). The van der Waals surface area contributed by atoms with Crippen molar-refractivity contribution in [1.82, 2.24) is 9.38 Å². The number of fused-ring (bicyclic) bond motifs is 1. The first-order valence-electron chi connectivity index (χ1n) is 4.30. The molecule has 0 aliphatic heterocycles. The third kappa shape index (κ3) is 1.71. The standard InChI is InChI=1S/C9H9N3O2/c13-12(14)6-4-8-7-11-5-2-1-3-9(11)10-8/h1-3,5,7H,4,6H2. The van der Waals surface area contributed by atoms with Crippen LogP contribution in [0.25, 0.3) is 5.65 Å². The molecule has 2 aromatic rings. The van der Waals surface area contributed by atoms with Gasteiger partial charge in [0.1, 0.15) is 5.65 Å². The first-order chi connectivity index (χ1) is 6.75. The van der Waals surface area contributed by atoms with E-state index >= 15 is 0 Å². The Morgan fingerprint density at radius 3 is 3.07 bits per heavy atom. The predicted octanol–water partition coefficient (Wildman–Crippen LogP) is 1.15. The lowest BCUT2D eigenvalue weighted by Crippen LogP contribution is -2.03. The molecular weight excluding hydrogens is 182 g/mol. The number of imidazole rings is 1. The Morgan fingerprint density at radius 2 is 2.36 bits per heavy atom. The molecule has 5 nitrogen and oxygen atoms in total. The molecule has 0 aromatic carbocycles. The molecule has 0 amide bonds. The van der Waals surface area contributed by atoms with Crippen molar-refractivity contribution in [2.45, 2.75) is 6.42 Å². The summed E-state index contributed by atoms with van der Waals surface area (Å²) in [7, 11) is 0. The van der Waals surface area contributed by atoms with E-state index in [-0.39, 0.29) is 11.5 Å². The maximum absolute atomic E-state index is 10.2. The van der Waals surface area contributed by atoms with Crippen LogP contribution in [0.3, 0.4) is 0 Å². The van der Waals surface area contributed by atoms with Gasteiger partial charge in [-0.15, -0.1) is 0 Å². The average Bonchev–Trinajstić information content (AvgIpc) is 2.57. The van der Waals surface area contributed by atoms with E-state index in [9.17, 15) is 10.1 Å². The van der Waals surface area contributed by atoms with Gasteiger partial charge in [-0.3, -0.25) is 10.1 Å². The van der Waals surface area contributed by atoms with Gasteiger partial charge in [0.25, 0.3) is 0 Å². The Morgan fingerprint density at radius 1 is 1.50 bits per heavy atom. The predicted molar refractivity (Wildman–Crippen MR) is 50.8 cm³/mol. The summed E-state index contributed by atoms with van der Waals surface area (Å²) < 4.78 is 1.86. The number of rotatable bonds is 3. The molecule has 2 heterocycles. The molecule has 0 bridgehead atoms. The lowest BCUT2D eigenvalue weighted by molar-refractivity contribution is -0.479. The molecule has 0 saturated carbocycles. The van der Waals surface area contributed by atoms with Crippen LogP contribution in [0.1, 0.15) is 5.69 Å². The van der Waals surface area contributed by atoms with E-state index in [1.807, 2.05) is 35.0 Å². The molecule has 0 aliphatic rings. The van der Waals surface area contributed by atoms with E-state index in [4.69, 9.17) is 0 Å². The molecule has 0 spiro atoms. The van der Waals surface area contributed by atoms with Crippen LogP contribution in [-0.4, -0.2) is 20.9 Å². The molecule has 14 heavy (non-hydrogen) atoms. The molecule has 72 valence electrons. The Balaban J connectivity index is 2.22. The van der Waals surface area contributed by atoms with Gasteiger partial charge in [-0.2, -0.15) is 0 Å². The average molecular weight is 191 g/mol. The van der Waals surface area contributed by atoms with Crippen molar-refractivity contribution in [3.8, 4) is 0 Å². The summed E-state index contributed by atoms with van der Waals surface area (Å²) >= 11 is 0. The van der Waals surface area contributed by atoms with E-state index < -0.39 is 0 Å². The van der Waals surface area contributed by atoms with Gasteiger partial charge < -0.3 is 4.40 Å². The highest BCUT2D eigenvalue weighted by atomic mass is 16.6. The molecule has 0 saturated heterocycles. The van der Waals surface area contributed by atoms with Gasteiger partial charge in [0.05, 0.1) is 12.1 Å². The summed E-state index contributed by atoms with van der Waals surface area (Å²) in [6, 6.07) is 5.65. The lowest BCUT2D eigenvalue weighted by Gasteiger charge is -1.88. The highest BCUT2D eigenvalue weighted by molar-refractivity contribution is 5.39. The maximum atomic E-state index is 10.2. The zero-order valence-electron chi connectivity index (χ0n) is 7.46. The Labute approximate surface area is 80.2 Å². The molecular formula is C9H9N3O2. The van der Waals surface area contributed by atoms with Crippen LogP contribution in [0.4, 0.5) is 0 Å². The summed E-state index contributed by atoms with van der Waals surface area (Å²) in [6.45, 7) is -0.0656. The second-order valence-electron chi connectivity index (χ2n) is 3.00. The van der Waals surface area contributed by atoms with Crippen LogP contribution in [0.5, 0.6) is 0 Å². The molecule has 0 unspecified atom stereocenters. The van der Waals surface area contributed by atoms with Crippen LogP contribution in [-0.2, 0) is 6.42 Å². The van der Waals surface area contributed by atoms with Crippen LogP contribution in [0.2, 0.25) is 0 Å². The zero-order chi connectivity index (χ0) is 9.97. The van der Waals surface area contributed by atoms with Crippen LogP contribution in [0, 0.1) is 10.1 Å². The van der Waals surface area contributed by atoms with Gasteiger partial charge in [-0.1, -0.05) is 6.07 Å². The monoisotopic (exact) mass is 191 g/mol. The number of aromatic nitrogens is 2. The smallest absolute Gasteiger partial charge is 0.209 e. The highest BCUT2D eigenvalue weighted by Gasteiger charge is 2.04. The summed E-state index contributed by atoms with van der Waals surface area (Å²) in [4.78, 5) is 14.1. The van der Waals surface area contributed by atoms with Gasteiger partial charge in [-0.25, -0.2) is 4.98 Å². The second-order valence-corrected chi connectivity index (χ2v) is 3.00. The quantitative estimate of drug-likeness (QED) is 0.540. The van der Waals surface area contributed by atoms with E-state index in [2.05, 4.69) is 4.98 Å². The van der Waals surface area contributed by atoms with Crippen LogP contribution < -0.4 is 0 Å². The summed E-state index contributed by atoms with van der Waals surface area (Å²) in [5.41, 5.74) is 1.58.